The van der Waals surface area contributed by atoms with Gasteiger partial charge in [0.1, 0.15) is 0 Å². The molecule has 132 valence electrons. The highest BCUT2D eigenvalue weighted by Crippen LogP contribution is 2.23. The number of amides is 3. The van der Waals surface area contributed by atoms with Gasteiger partial charge in [-0.25, -0.2) is 4.79 Å². The van der Waals surface area contributed by atoms with Gasteiger partial charge in [-0.3, -0.25) is 4.79 Å². The third-order valence-corrected chi connectivity index (χ3v) is 4.53. The van der Waals surface area contributed by atoms with Crippen LogP contribution >= 0.6 is 0 Å². The van der Waals surface area contributed by atoms with Crippen LogP contribution in [0.2, 0.25) is 0 Å². The Bertz CT molecular complexity index is 759. The van der Waals surface area contributed by atoms with Crippen molar-refractivity contribution in [1.29, 1.82) is 0 Å². The number of anilines is 1. The van der Waals surface area contributed by atoms with Crippen LogP contribution in [0.5, 0.6) is 0 Å². The van der Waals surface area contributed by atoms with Crippen molar-refractivity contribution in [3.05, 3.63) is 42.5 Å². The number of carbonyl (C=O) groups is 2. The van der Waals surface area contributed by atoms with Crippen molar-refractivity contribution in [3.8, 4) is 0 Å². The molecule has 0 aromatic heterocycles. The van der Waals surface area contributed by atoms with Gasteiger partial charge in [0.05, 0.1) is 5.69 Å². The van der Waals surface area contributed by atoms with E-state index in [0.717, 1.165) is 16.5 Å². The van der Waals surface area contributed by atoms with E-state index in [2.05, 4.69) is 5.32 Å². The molecule has 2 aromatic carbocycles. The summed E-state index contributed by atoms with van der Waals surface area (Å²) in [5.74, 6) is 0.546. The van der Waals surface area contributed by atoms with E-state index in [1.165, 1.54) is 0 Å². The van der Waals surface area contributed by atoms with Crippen molar-refractivity contribution in [3.63, 3.8) is 0 Å². The molecule has 3 rings (SSSR count). The largest absolute Gasteiger partial charge is 0.339 e. The first-order valence-electron chi connectivity index (χ1n) is 8.86. The van der Waals surface area contributed by atoms with Gasteiger partial charge in [0.25, 0.3) is 0 Å². The van der Waals surface area contributed by atoms with Crippen LogP contribution in [0, 0.1) is 5.92 Å². The first-order valence-corrected chi connectivity index (χ1v) is 8.86. The minimum atomic E-state index is -0.104. The third kappa shape index (κ3) is 4.10. The average molecular weight is 339 g/mol. The van der Waals surface area contributed by atoms with Crippen molar-refractivity contribution < 1.29 is 9.59 Å². The predicted octanol–water partition coefficient (Wildman–Crippen LogP) is 3.56. The van der Waals surface area contributed by atoms with Gasteiger partial charge in [0, 0.05) is 38.0 Å². The van der Waals surface area contributed by atoms with E-state index in [0.29, 0.717) is 38.5 Å². The van der Waals surface area contributed by atoms with E-state index in [9.17, 15) is 9.59 Å². The lowest BCUT2D eigenvalue weighted by molar-refractivity contribution is -0.133. The Labute approximate surface area is 148 Å². The molecule has 1 aliphatic heterocycles. The van der Waals surface area contributed by atoms with Crippen molar-refractivity contribution in [2.45, 2.75) is 20.3 Å². The fourth-order valence-corrected chi connectivity index (χ4v) is 3.17. The summed E-state index contributed by atoms with van der Waals surface area (Å²) in [5.41, 5.74) is 0.821. The molecule has 25 heavy (non-hydrogen) atoms. The first-order chi connectivity index (χ1) is 12.0. The fraction of sp³-hybridized carbons (Fsp3) is 0.400. The summed E-state index contributed by atoms with van der Waals surface area (Å²) in [5, 5.41) is 5.15. The van der Waals surface area contributed by atoms with Crippen LogP contribution in [0.4, 0.5) is 10.5 Å². The summed E-state index contributed by atoms with van der Waals surface area (Å²) in [4.78, 5) is 28.3. The zero-order chi connectivity index (χ0) is 17.8. The second-order valence-electron chi connectivity index (χ2n) is 6.92. The Morgan fingerprint density at radius 2 is 1.60 bits per heavy atom. The van der Waals surface area contributed by atoms with Gasteiger partial charge in [0.2, 0.25) is 5.91 Å². The molecule has 5 nitrogen and oxygen atoms in total. The van der Waals surface area contributed by atoms with Crippen molar-refractivity contribution >= 4 is 28.4 Å². The summed E-state index contributed by atoms with van der Waals surface area (Å²) in [6.07, 6.45) is 0.572. The molecule has 0 radical (unpaired) electrons. The highest BCUT2D eigenvalue weighted by atomic mass is 16.2. The molecule has 2 aromatic rings. The van der Waals surface area contributed by atoms with Crippen LogP contribution in [-0.2, 0) is 4.79 Å². The Kier molecular flexibility index (Phi) is 5.22. The van der Waals surface area contributed by atoms with E-state index >= 15 is 0 Å². The zero-order valence-corrected chi connectivity index (χ0v) is 14.9. The molecule has 1 N–H and O–H groups in total. The van der Waals surface area contributed by atoms with Gasteiger partial charge >= 0.3 is 6.03 Å². The molecule has 1 aliphatic rings. The number of urea groups is 1. The molecule has 0 unspecified atom stereocenters. The van der Waals surface area contributed by atoms with Gasteiger partial charge in [-0.15, -0.1) is 0 Å². The maximum Gasteiger partial charge on any atom is 0.321 e. The normalized spacial score (nSPS) is 14.8. The number of fused-ring (bicyclic) bond motifs is 1. The molecule has 5 heteroatoms. The highest BCUT2D eigenvalue weighted by Gasteiger charge is 2.24. The maximum absolute atomic E-state index is 12.6. The lowest BCUT2D eigenvalue weighted by Gasteiger charge is -2.35. The number of rotatable bonds is 3. The number of hydrogen-bond acceptors (Lipinski definition) is 2. The number of nitrogens with zero attached hydrogens (tertiary/aromatic N) is 2. The van der Waals surface area contributed by atoms with Gasteiger partial charge in [-0.2, -0.15) is 0 Å². The predicted molar refractivity (Wildman–Crippen MR) is 101 cm³/mol. The van der Waals surface area contributed by atoms with Crippen LogP contribution in [0.1, 0.15) is 20.3 Å². The summed E-state index contributed by atoms with van der Waals surface area (Å²) in [6, 6.07) is 13.8. The van der Waals surface area contributed by atoms with Gasteiger partial charge in [-0.05, 0) is 17.4 Å². The molecule has 1 fully saturated rings. The summed E-state index contributed by atoms with van der Waals surface area (Å²) >= 11 is 0. The van der Waals surface area contributed by atoms with E-state index in [-0.39, 0.29) is 11.9 Å². The van der Waals surface area contributed by atoms with E-state index < -0.39 is 0 Å². The maximum atomic E-state index is 12.6. The topological polar surface area (TPSA) is 52.7 Å². The Balaban J connectivity index is 1.60. The lowest BCUT2D eigenvalue weighted by atomic mass is 10.1. The Morgan fingerprint density at radius 3 is 2.32 bits per heavy atom. The van der Waals surface area contributed by atoms with E-state index in [4.69, 9.17) is 0 Å². The molecule has 0 aliphatic carbocycles. The first kappa shape index (κ1) is 17.3. The van der Waals surface area contributed by atoms with E-state index in [1.807, 2.05) is 61.2 Å². The average Bonchev–Trinajstić information content (AvgIpc) is 2.61. The molecular formula is C20H25N3O2. The number of hydrogen-bond donors (Lipinski definition) is 1. The second kappa shape index (κ2) is 7.55. The Morgan fingerprint density at radius 1 is 0.960 bits per heavy atom. The summed E-state index contributed by atoms with van der Waals surface area (Å²) in [6.45, 7) is 6.45. The minimum Gasteiger partial charge on any atom is -0.339 e. The molecule has 1 heterocycles. The van der Waals surface area contributed by atoms with Crippen molar-refractivity contribution in [2.24, 2.45) is 5.92 Å². The van der Waals surface area contributed by atoms with Crippen LogP contribution < -0.4 is 5.32 Å². The van der Waals surface area contributed by atoms with Crippen molar-refractivity contribution in [1.82, 2.24) is 9.80 Å². The van der Waals surface area contributed by atoms with Crippen LogP contribution in [-0.4, -0.2) is 47.9 Å². The number of piperazine rings is 1. The molecule has 3 amide bonds. The smallest absolute Gasteiger partial charge is 0.321 e. The van der Waals surface area contributed by atoms with E-state index in [1.54, 1.807) is 4.90 Å². The number of nitrogens with one attached hydrogen (secondary N) is 1. The molecule has 1 saturated heterocycles. The third-order valence-electron chi connectivity index (χ3n) is 4.53. The zero-order valence-electron chi connectivity index (χ0n) is 14.9. The minimum absolute atomic E-state index is 0.104. The monoisotopic (exact) mass is 339 g/mol. The van der Waals surface area contributed by atoms with Crippen LogP contribution in [0.25, 0.3) is 10.8 Å². The SMILES string of the molecule is CC(C)CC(=O)N1CCN(C(=O)Nc2cccc3ccccc23)CC1. The lowest BCUT2D eigenvalue weighted by Crippen LogP contribution is -2.51. The molecule has 0 saturated carbocycles. The molecule has 0 atom stereocenters. The summed E-state index contributed by atoms with van der Waals surface area (Å²) in [7, 11) is 0. The fourth-order valence-electron chi connectivity index (χ4n) is 3.17. The molecular weight excluding hydrogens is 314 g/mol. The number of carbonyl (C=O) groups excluding carboxylic acids is 2. The van der Waals surface area contributed by atoms with Crippen LogP contribution in [0.3, 0.4) is 0 Å². The summed E-state index contributed by atoms with van der Waals surface area (Å²) < 4.78 is 0. The highest BCUT2D eigenvalue weighted by molar-refractivity contribution is 6.01. The second-order valence-corrected chi connectivity index (χ2v) is 6.92. The van der Waals surface area contributed by atoms with Gasteiger partial charge < -0.3 is 15.1 Å². The van der Waals surface area contributed by atoms with Crippen LogP contribution in [0.15, 0.2) is 42.5 Å². The molecule has 0 spiro atoms. The quantitative estimate of drug-likeness (QED) is 0.929. The van der Waals surface area contributed by atoms with Crippen molar-refractivity contribution in [2.75, 3.05) is 31.5 Å². The Hall–Kier alpha value is -2.56. The van der Waals surface area contributed by atoms with Gasteiger partial charge in [-0.1, -0.05) is 50.2 Å². The standard InChI is InChI=1S/C20H25N3O2/c1-15(2)14-19(24)22-10-12-23(13-11-22)20(25)21-18-9-5-7-16-6-3-4-8-17(16)18/h3-9,15H,10-14H2,1-2H3,(H,21,25). The van der Waals surface area contributed by atoms with Gasteiger partial charge in [0.15, 0.2) is 0 Å². The molecule has 0 bridgehead atoms. The number of benzene rings is 2.